The molecule has 0 spiro atoms. The van der Waals surface area contributed by atoms with Crippen molar-refractivity contribution in [2.24, 2.45) is 0 Å². The van der Waals surface area contributed by atoms with Crippen molar-refractivity contribution in [1.82, 2.24) is 0 Å². The lowest BCUT2D eigenvalue weighted by atomic mass is 9.92. The summed E-state index contributed by atoms with van der Waals surface area (Å²) < 4.78 is 36.0. The molecular formula is C16H15FO4S. The number of carboxylic acids is 1. The van der Waals surface area contributed by atoms with Gasteiger partial charge in [-0.25, -0.2) is 12.8 Å². The fraction of sp³-hybridized carbons (Fsp3) is 0.188. The number of sulfone groups is 1. The number of carbonyl (C=O) groups is 1. The van der Waals surface area contributed by atoms with Crippen molar-refractivity contribution in [2.45, 2.75) is 17.2 Å². The van der Waals surface area contributed by atoms with E-state index in [-0.39, 0.29) is 11.3 Å². The fourth-order valence-corrected chi connectivity index (χ4v) is 2.83. The van der Waals surface area contributed by atoms with Crippen molar-refractivity contribution in [3.63, 3.8) is 0 Å². The smallest absolute Gasteiger partial charge is 0.311 e. The van der Waals surface area contributed by atoms with Crippen molar-refractivity contribution in [3.05, 3.63) is 65.5 Å². The monoisotopic (exact) mass is 322 g/mol. The van der Waals surface area contributed by atoms with E-state index in [1.54, 1.807) is 6.07 Å². The van der Waals surface area contributed by atoms with Crippen LogP contribution in [0.4, 0.5) is 4.39 Å². The van der Waals surface area contributed by atoms with Crippen LogP contribution in [0.15, 0.2) is 53.4 Å². The van der Waals surface area contributed by atoms with Gasteiger partial charge in [0.1, 0.15) is 5.82 Å². The maximum atomic E-state index is 13.2. The molecule has 6 heteroatoms. The van der Waals surface area contributed by atoms with E-state index in [4.69, 9.17) is 0 Å². The van der Waals surface area contributed by atoms with Crippen LogP contribution in [0.25, 0.3) is 0 Å². The Morgan fingerprint density at radius 3 is 2.32 bits per heavy atom. The Bertz CT molecular complexity index is 782. The second-order valence-electron chi connectivity index (χ2n) is 5.07. The predicted octanol–water partition coefficient (Wildman–Crippen LogP) is 2.64. The average molecular weight is 322 g/mol. The van der Waals surface area contributed by atoms with Crippen LogP contribution in [-0.2, 0) is 21.1 Å². The second-order valence-corrected chi connectivity index (χ2v) is 7.08. The van der Waals surface area contributed by atoms with Gasteiger partial charge in [0.05, 0.1) is 10.8 Å². The summed E-state index contributed by atoms with van der Waals surface area (Å²) in [6, 6.07) is 11.5. The van der Waals surface area contributed by atoms with Crippen molar-refractivity contribution >= 4 is 15.8 Å². The third-order valence-electron chi connectivity index (χ3n) is 3.34. The number of halogens is 1. The van der Waals surface area contributed by atoms with E-state index in [0.29, 0.717) is 11.1 Å². The maximum absolute atomic E-state index is 13.2. The van der Waals surface area contributed by atoms with Crippen molar-refractivity contribution in [3.8, 4) is 0 Å². The lowest BCUT2D eigenvalue weighted by molar-refractivity contribution is -0.138. The summed E-state index contributed by atoms with van der Waals surface area (Å²) in [5.74, 6) is -2.33. The fourth-order valence-electron chi connectivity index (χ4n) is 2.19. The molecule has 0 saturated carbocycles. The topological polar surface area (TPSA) is 71.4 Å². The van der Waals surface area contributed by atoms with E-state index in [1.165, 1.54) is 42.5 Å². The molecule has 0 aliphatic carbocycles. The minimum Gasteiger partial charge on any atom is -0.481 e. The van der Waals surface area contributed by atoms with Gasteiger partial charge in [-0.05, 0) is 41.8 Å². The summed E-state index contributed by atoms with van der Waals surface area (Å²) in [4.78, 5) is 11.6. The van der Waals surface area contributed by atoms with E-state index in [9.17, 15) is 22.7 Å². The van der Waals surface area contributed by atoms with Crippen LogP contribution in [0.5, 0.6) is 0 Å². The summed E-state index contributed by atoms with van der Waals surface area (Å²) in [6.07, 6.45) is 1.22. The van der Waals surface area contributed by atoms with E-state index in [2.05, 4.69) is 0 Å². The minimum absolute atomic E-state index is 0.130. The molecule has 1 N–H and O–H groups in total. The molecule has 0 bridgehead atoms. The molecule has 1 unspecified atom stereocenters. The average Bonchev–Trinajstić information content (AvgIpc) is 2.44. The standard InChI is InChI=1S/C16H15FO4S/c1-22(20,21)14-7-5-12(6-8-14)15(16(18)19)10-11-3-2-4-13(17)9-11/h2-9,15H,10H2,1H3,(H,18,19). The third-order valence-corrected chi connectivity index (χ3v) is 4.47. The molecular weight excluding hydrogens is 307 g/mol. The quantitative estimate of drug-likeness (QED) is 0.918. The van der Waals surface area contributed by atoms with Crippen LogP contribution in [0, 0.1) is 5.82 Å². The van der Waals surface area contributed by atoms with Crippen LogP contribution < -0.4 is 0 Å². The Morgan fingerprint density at radius 1 is 1.18 bits per heavy atom. The highest BCUT2D eigenvalue weighted by Crippen LogP contribution is 2.23. The summed E-state index contributed by atoms with van der Waals surface area (Å²) in [5.41, 5.74) is 1.05. The lowest BCUT2D eigenvalue weighted by Gasteiger charge is -2.13. The van der Waals surface area contributed by atoms with Crippen molar-refractivity contribution < 1.29 is 22.7 Å². The maximum Gasteiger partial charge on any atom is 0.311 e. The molecule has 0 fully saturated rings. The van der Waals surface area contributed by atoms with Gasteiger partial charge in [-0.2, -0.15) is 0 Å². The molecule has 1 atom stereocenters. The Labute approximate surface area is 128 Å². The Balaban J connectivity index is 2.30. The number of rotatable bonds is 5. The first kappa shape index (κ1) is 16.2. The first-order chi connectivity index (χ1) is 10.3. The van der Waals surface area contributed by atoms with E-state index in [1.807, 2.05) is 0 Å². The van der Waals surface area contributed by atoms with Gasteiger partial charge in [0.25, 0.3) is 0 Å². The van der Waals surface area contributed by atoms with Gasteiger partial charge in [0, 0.05) is 6.26 Å². The van der Waals surface area contributed by atoms with Crippen LogP contribution >= 0.6 is 0 Å². The molecule has 0 saturated heterocycles. The zero-order valence-corrected chi connectivity index (χ0v) is 12.7. The molecule has 0 aliphatic heterocycles. The number of aliphatic carboxylic acids is 1. The molecule has 0 aromatic heterocycles. The molecule has 22 heavy (non-hydrogen) atoms. The molecule has 0 radical (unpaired) electrons. The van der Waals surface area contributed by atoms with Gasteiger partial charge in [-0.1, -0.05) is 24.3 Å². The van der Waals surface area contributed by atoms with Crippen LogP contribution in [0.2, 0.25) is 0 Å². The molecule has 0 aliphatic rings. The van der Waals surface area contributed by atoms with Gasteiger partial charge in [-0.15, -0.1) is 0 Å². The zero-order chi connectivity index (χ0) is 16.3. The van der Waals surface area contributed by atoms with E-state index < -0.39 is 27.5 Å². The highest BCUT2D eigenvalue weighted by atomic mass is 32.2. The molecule has 116 valence electrons. The molecule has 2 aromatic rings. The first-order valence-corrected chi connectivity index (χ1v) is 8.44. The van der Waals surface area contributed by atoms with Gasteiger partial charge < -0.3 is 5.11 Å². The number of hydrogen-bond acceptors (Lipinski definition) is 3. The third kappa shape index (κ3) is 3.92. The summed E-state index contributed by atoms with van der Waals surface area (Å²) in [5, 5.41) is 9.37. The molecule has 4 nitrogen and oxygen atoms in total. The highest BCUT2D eigenvalue weighted by molar-refractivity contribution is 7.90. The van der Waals surface area contributed by atoms with Crippen LogP contribution in [0.1, 0.15) is 17.0 Å². The largest absolute Gasteiger partial charge is 0.481 e. The van der Waals surface area contributed by atoms with Gasteiger partial charge >= 0.3 is 5.97 Å². The Kier molecular flexibility index (Phi) is 4.61. The second kappa shape index (κ2) is 6.27. The number of benzene rings is 2. The molecule has 0 amide bonds. The molecule has 2 aromatic carbocycles. The molecule has 2 rings (SSSR count). The zero-order valence-electron chi connectivity index (χ0n) is 11.9. The highest BCUT2D eigenvalue weighted by Gasteiger charge is 2.21. The first-order valence-electron chi connectivity index (χ1n) is 6.54. The SMILES string of the molecule is CS(=O)(=O)c1ccc(C(Cc2cccc(F)c2)C(=O)O)cc1. The summed E-state index contributed by atoms with van der Waals surface area (Å²) in [6.45, 7) is 0. The van der Waals surface area contributed by atoms with Crippen LogP contribution in [-0.4, -0.2) is 25.7 Å². The lowest BCUT2D eigenvalue weighted by Crippen LogP contribution is -2.14. The van der Waals surface area contributed by atoms with Gasteiger partial charge in [0.15, 0.2) is 9.84 Å². The van der Waals surface area contributed by atoms with Crippen molar-refractivity contribution in [1.29, 1.82) is 0 Å². The van der Waals surface area contributed by atoms with E-state index in [0.717, 1.165) is 6.26 Å². The predicted molar refractivity (Wildman–Crippen MR) is 80.0 cm³/mol. The Hall–Kier alpha value is -2.21. The molecule has 0 heterocycles. The van der Waals surface area contributed by atoms with E-state index >= 15 is 0 Å². The summed E-state index contributed by atoms with van der Waals surface area (Å²) in [7, 11) is -3.33. The van der Waals surface area contributed by atoms with Gasteiger partial charge in [-0.3, -0.25) is 4.79 Å². The van der Waals surface area contributed by atoms with Gasteiger partial charge in [0.2, 0.25) is 0 Å². The Morgan fingerprint density at radius 2 is 1.82 bits per heavy atom. The van der Waals surface area contributed by atoms with Crippen LogP contribution in [0.3, 0.4) is 0 Å². The normalized spacial score (nSPS) is 12.8. The minimum atomic E-state index is -3.33. The number of carboxylic acid groups (broad SMARTS) is 1. The van der Waals surface area contributed by atoms with Crippen molar-refractivity contribution in [2.75, 3.05) is 6.26 Å². The number of hydrogen-bond donors (Lipinski definition) is 1. The summed E-state index contributed by atoms with van der Waals surface area (Å²) >= 11 is 0.